The SMILES string of the molecule is CCCn1c(=N)sc2ccc(OC)cc21. The predicted octanol–water partition coefficient (Wildman–Crippen LogP) is 2.60. The largest absolute Gasteiger partial charge is 0.497 e. The van der Waals surface area contributed by atoms with Gasteiger partial charge in [0.2, 0.25) is 0 Å². The van der Waals surface area contributed by atoms with Gasteiger partial charge in [0.15, 0.2) is 4.80 Å². The molecule has 0 aliphatic heterocycles. The molecule has 1 N–H and O–H groups in total. The lowest BCUT2D eigenvalue weighted by Gasteiger charge is -2.03. The molecule has 0 unspecified atom stereocenters. The zero-order valence-electron chi connectivity index (χ0n) is 8.91. The molecule has 2 rings (SSSR count). The van der Waals surface area contributed by atoms with Crippen molar-refractivity contribution in [3.63, 3.8) is 0 Å². The van der Waals surface area contributed by atoms with Crippen LogP contribution in [0, 0.1) is 5.41 Å². The summed E-state index contributed by atoms with van der Waals surface area (Å²) in [5, 5.41) is 7.87. The third-order valence-electron chi connectivity index (χ3n) is 2.36. The van der Waals surface area contributed by atoms with E-state index in [9.17, 15) is 0 Å². The summed E-state index contributed by atoms with van der Waals surface area (Å²) >= 11 is 1.51. The smallest absolute Gasteiger partial charge is 0.182 e. The topological polar surface area (TPSA) is 38.0 Å². The lowest BCUT2D eigenvalue weighted by atomic mass is 10.3. The molecule has 0 amide bonds. The molecule has 1 aromatic carbocycles. The third-order valence-corrected chi connectivity index (χ3v) is 3.33. The molecule has 15 heavy (non-hydrogen) atoms. The highest BCUT2D eigenvalue weighted by Gasteiger charge is 2.05. The zero-order chi connectivity index (χ0) is 10.8. The second-order valence-electron chi connectivity index (χ2n) is 3.39. The molecule has 4 heteroatoms. The fraction of sp³-hybridized carbons (Fsp3) is 0.364. The van der Waals surface area contributed by atoms with Gasteiger partial charge < -0.3 is 9.30 Å². The molecule has 1 aromatic heterocycles. The molecule has 80 valence electrons. The Kier molecular flexibility index (Phi) is 2.77. The molecule has 3 nitrogen and oxygen atoms in total. The maximum absolute atomic E-state index is 7.87. The molecule has 2 aromatic rings. The first kappa shape index (κ1) is 10.2. The lowest BCUT2D eigenvalue weighted by Crippen LogP contribution is -2.12. The summed E-state index contributed by atoms with van der Waals surface area (Å²) in [5.74, 6) is 0.852. The van der Waals surface area contributed by atoms with Crippen molar-refractivity contribution in [1.29, 1.82) is 5.41 Å². The van der Waals surface area contributed by atoms with Crippen molar-refractivity contribution in [3.05, 3.63) is 23.0 Å². The Morgan fingerprint density at radius 1 is 1.47 bits per heavy atom. The Morgan fingerprint density at radius 3 is 2.93 bits per heavy atom. The van der Waals surface area contributed by atoms with Crippen molar-refractivity contribution in [1.82, 2.24) is 4.57 Å². The van der Waals surface area contributed by atoms with Gasteiger partial charge in [-0.05, 0) is 18.6 Å². The first-order chi connectivity index (χ1) is 7.26. The maximum Gasteiger partial charge on any atom is 0.182 e. The van der Waals surface area contributed by atoms with Crippen molar-refractivity contribution in [2.75, 3.05) is 7.11 Å². The van der Waals surface area contributed by atoms with Gasteiger partial charge in [0.05, 0.1) is 17.3 Å². The van der Waals surface area contributed by atoms with E-state index in [2.05, 4.69) is 6.92 Å². The van der Waals surface area contributed by atoms with Crippen LogP contribution in [0.1, 0.15) is 13.3 Å². The number of thiazole rings is 1. The summed E-state index contributed by atoms with van der Waals surface area (Å²) in [7, 11) is 1.67. The summed E-state index contributed by atoms with van der Waals surface area (Å²) in [4.78, 5) is 0.611. The fourth-order valence-corrected chi connectivity index (χ4v) is 2.55. The summed E-state index contributed by atoms with van der Waals surface area (Å²) in [5.41, 5.74) is 1.10. The first-order valence-electron chi connectivity index (χ1n) is 4.98. The highest BCUT2D eigenvalue weighted by molar-refractivity contribution is 7.16. The number of nitrogens with one attached hydrogen (secondary N) is 1. The predicted molar refractivity (Wildman–Crippen MR) is 62.5 cm³/mol. The summed E-state index contributed by atoms with van der Waals surface area (Å²) in [6.07, 6.45) is 1.04. The minimum absolute atomic E-state index is 0.611. The quantitative estimate of drug-likeness (QED) is 0.851. The molecule has 0 aliphatic rings. The number of aromatic nitrogens is 1. The van der Waals surface area contributed by atoms with Crippen molar-refractivity contribution in [2.45, 2.75) is 19.9 Å². The molecule has 0 spiro atoms. The van der Waals surface area contributed by atoms with Crippen molar-refractivity contribution < 1.29 is 4.74 Å². The van der Waals surface area contributed by atoms with Crippen molar-refractivity contribution in [3.8, 4) is 5.75 Å². The standard InChI is InChI=1S/C11H14N2OS/c1-3-6-13-9-7-8(14-2)4-5-10(9)15-11(13)12/h4-5,7,12H,3,6H2,1-2H3. The van der Waals surface area contributed by atoms with Crippen LogP contribution < -0.4 is 9.54 Å². The Morgan fingerprint density at radius 2 is 2.27 bits per heavy atom. The molecule has 0 bridgehead atoms. The fourth-order valence-electron chi connectivity index (χ4n) is 1.64. The van der Waals surface area contributed by atoms with E-state index < -0.39 is 0 Å². The minimum atomic E-state index is 0.611. The van der Waals surface area contributed by atoms with E-state index in [0.717, 1.165) is 28.9 Å². The minimum Gasteiger partial charge on any atom is -0.497 e. The number of benzene rings is 1. The van der Waals surface area contributed by atoms with Gasteiger partial charge in [0.1, 0.15) is 5.75 Å². The molecule has 0 saturated heterocycles. The van der Waals surface area contributed by atoms with Gasteiger partial charge in [-0.25, -0.2) is 0 Å². The van der Waals surface area contributed by atoms with E-state index in [1.807, 2.05) is 22.8 Å². The van der Waals surface area contributed by atoms with E-state index in [1.54, 1.807) is 7.11 Å². The number of nitrogens with zero attached hydrogens (tertiary/aromatic N) is 1. The Hall–Kier alpha value is -1.29. The third kappa shape index (κ3) is 1.77. The number of fused-ring (bicyclic) bond motifs is 1. The maximum atomic E-state index is 7.87. The van der Waals surface area contributed by atoms with E-state index in [4.69, 9.17) is 10.1 Å². The van der Waals surface area contributed by atoms with Gasteiger partial charge >= 0.3 is 0 Å². The van der Waals surface area contributed by atoms with Crippen LogP contribution in [0.2, 0.25) is 0 Å². The van der Waals surface area contributed by atoms with Gasteiger partial charge in [-0.1, -0.05) is 18.3 Å². The number of aryl methyl sites for hydroxylation is 1. The average molecular weight is 222 g/mol. The highest BCUT2D eigenvalue weighted by atomic mass is 32.1. The van der Waals surface area contributed by atoms with Crippen LogP contribution in [0.15, 0.2) is 18.2 Å². The van der Waals surface area contributed by atoms with E-state index >= 15 is 0 Å². The second-order valence-corrected chi connectivity index (χ2v) is 4.42. The Labute approximate surface area is 92.4 Å². The zero-order valence-corrected chi connectivity index (χ0v) is 9.73. The van der Waals surface area contributed by atoms with Crippen molar-refractivity contribution >= 4 is 21.6 Å². The van der Waals surface area contributed by atoms with Crippen LogP contribution in [0.25, 0.3) is 10.2 Å². The molecule has 0 aliphatic carbocycles. The van der Waals surface area contributed by atoms with Gasteiger partial charge in [0.25, 0.3) is 0 Å². The van der Waals surface area contributed by atoms with Gasteiger partial charge in [-0.2, -0.15) is 0 Å². The van der Waals surface area contributed by atoms with Crippen LogP contribution >= 0.6 is 11.3 Å². The van der Waals surface area contributed by atoms with Crippen LogP contribution in [-0.2, 0) is 6.54 Å². The monoisotopic (exact) mass is 222 g/mol. The number of hydrogen-bond acceptors (Lipinski definition) is 3. The Balaban J connectivity index is 2.66. The molecule has 0 radical (unpaired) electrons. The molecular weight excluding hydrogens is 208 g/mol. The molecule has 0 saturated carbocycles. The molecule has 0 fully saturated rings. The first-order valence-corrected chi connectivity index (χ1v) is 5.80. The van der Waals surface area contributed by atoms with Gasteiger partial charge in [-0.3, -0.25) is 5.41 Å². The second kappa shape index (κ2) is 4.06. The van der Waals surface area contributed by atoms with Crippen LogP contribution in [0.4, 0.5) is 0 Å². The molecular formula is C11H14N2OS. The summed E-state index contributed by atoms with van der Waals surface area (Å²) in [6.45, 7) is 3.02. The summed E-state index contributed by atoms with van der Waals surface area (Å²) in [6, 6.07) is 5.96. The number of ether oxygens (including phenoxy) is 1. The van der Waals surface area contributed by atoms with Crippen LogP contribution in [0.3, 0.4) is 0 Å². The van der Waals surface area contributed by atoms with E-state index in [0.29, 0.717) is 4.80 Å². The van der Waals surface area contributed by atoms with E-state index in [-0.39, 0.29) is 0 Å². The van der Waals surface area contributed by atoms with Crippen LogP contribution in [0.5, 0.6) is 5.75 Å². The number of hydrogen-bond donors (Lipinski definition) is 1. The number of methoxy groups -OCH3 is 1. The Bertz CT molecular complexity index is 527. The number of rotatable bonds is 3. The highest BCUT2D eigenvalue weighted by Crippen LogP contribution is 2.22. The van der Waals surface area contributed by atoms with E-state index in [1.165, 1.54) is 11.3 Å². The van der Waals surface area contributed by atoms with Gasteiger partial charge in [0, 0.05) is 12.6 Å². The average Bonchev–Trinajstić information content (AvgIpc) is 2.55. The molecule has 0 atom stereocenters. The van der Waals surface area contributed by atoms with Gasteiger partial charge in [-0.15, -0.1) is 0 Å². The summed E-state index contributed by atoms with van der Waals surface area (Å²) < 4.78 is 8.37. The lowest BCUT2D eigenvalue weighted by molar-refractivity contribution is 0.415. The molecule has 1 heterocycles. The normalized spacial score (nSPS) is 10.8. The van der Waals surface area contributed by atoms with Crippen molar-refractivity contribution in [2.24, 2.45) is 0 Å². The van der Waals surface area contributed by atoms with Crippen LogP contribution in [-0.4, -0.2) is 11.7 Å².